The van der Waals surface area contributed by atoms with Crippen LogP contribution in [0.4, 0.5) is 10.1 Å². The van der Waals surface area contributed by atoms with Gasteiger partial charge in [0.05, 0.1) is 5.69 Å². The lowest BCUT2D eigenvalue weighted by molar-refractivity contribution is -0.126. The highest BCUT2D eigenvalue weighted by Crippen LogP contribution is 2.31. The number of hydrogen-bond acceptors (Lipinski definition) is 6. The Bertz CT molecular complexity index is 1210. The number of anilines is 1. The van der Waals surface area contributed by atoms with Gasteiger partial charge in [-0.05, 0) is 47.6 Å². The molecule has 1 aromatic heterocycles. The summed E-state index contributed by atoms with van der Waals surface area (Å²) in [5.74, 6) is -2.25. The molecule has 1 fully saturated rings. The topological polar surface area (TPSA) is 131 Å². The quantitative estimate of drug-likeness (QED) is 0.441. The first-order chi connectivity index (χ1) is 16.8. The van der Waals surface area contributed by atoms with Crippen molar-refractivity contribution >= 4 is 34.9 Å². The Morgan fingerprint density at radius 1 is 1.09 bits per heavy atom. The van der Waals surface area contributed by atoms with E-state index < -0.39 is 23.7 Å². The van der Waals surface area contributed by atoms with Crippen LogP contribution in [-0.4, -0.2) is 33.0 Å². The Morgan fingerprint density at radius 3 is 2.34 bits per heavy atom. The van der Waals surface area contributed by atoms with Crippen molar-refractivity contribution in [3.8, 4) is 0 Å². The predicted octanol–water partition coefficient (Wildman–Crippen LogP) is 3.41. The number of amides is 3. The summed E-state index contributed by atoms with van der Waals surface area (Å²) < 4.78 is 17.7. The van der Waals surface area contributed by atoms with E-state index in [-0.39, 0.29) is 34.8 Å². The number of hydrogen-bond donors (Lipinski definition) is 3. The first-order valence-electron chi connectivity index (χ1n) is 11.3. The monoisotopic (exact) mass is 495 g/mol. The van der Waals surface area contributed by atoms with E-state index in [0.717, 1.165) is 42.8 Å². The van der Waals surface area contributed by atoms with Crippen molar-refractivity contribution in [1.82, 2.24) is 14.6 Å². The normalized spacial score (nSPS) is 14.4. The lowest BCUT2D eigenvalue weighted by Crippen LogP contribution is -2.45. The number of carbonyl (C=O) groups is 3. The molecule has 182 valence electrons. The molecule has 2 aromatic carbocycles. The summed E-state index contributed by atoms with van der Waals surface area (Å²) in [5.41, 5.74) is 12.3. The average Bonchev–Trinajstić information content (AvgIpc) is 3.49. The van der Waals surface area contributed by atoms with Gasteiger partial charge in [-0.15, -0.1) is 0 Å². The fourth-order valence-corrected chi connectivity index (χ4v) is 5.05. The van der Waals surface area contributed by atoms with Crippen molar-refractivity contribution in [2.45, 2.75) is 44.3 Å². The summed E-state index contributed by atoms with van der Waals surface area (Å²) in [6.07, 6.45) is 3.76. The van der Waals surface area contributed by atoms with E-state index in [0.29, 0.717) is 5.56 Å². The number of aromatic nitrogens is 1. The van der Waals surface area contributed by atoms with Gasteiger partial charge in [-0.1, -0.05) is 55.3 Å². The number of benzene rings is 2. The molecule has 1 saturated carbocycles. The van der Waals surface area contributed by atoms with Gasteiger partial charge in [0.1, 0.15) is 16.7 Å². The molecule has 0 spiro atoms. The zero-order valence-corrected chi connectivity index (χ0v) is 19.8. The fourth-order valence-electron chi connectivity index (χ4n) is 4.29. The minimum atomic E-state index is -1.07. The number of rotatable bonds is 8. The van der Waals surface area contributed by atoms with E-state index in [1.54, 1.807) is 0 Å². The predicted molar refractivity (Wildman–Crippen MR) is 131 cm³/mol. The van der Waals surface area contributed by atoms with Crippen molar-refractivity contribution in [1.29, 1.82) is 0 Å². The number of carbonyl (C=O) groups excluding carboxylic acids is 3. The molecule has 1 aliphatic carbocycles. The highest BCUT2D eigenvalue weighted by atomic mass is 32.1. The van der Waals surface area contributed by atoms with Gasteiger partial charge in [-0.2, -0.15) is 4.37 Å². The second-order valence-electron chi connectivity index (χ2n) is 8.50. The van der Waals surface area contributed by atoms with Gasteiger partial charge < -0.3 is 21.7 Å². The second-order valence-corrected chi connectivity index (χ2v) is 9.27. The van der Waals surface area contributed by atoms with Gasteiger partial charge in [-0.25, -0.2) is 4.39 Å². The molecule has 0 aliphatic heterocycles. The lowest BCUT2D eigenvalue weighted by Gasteiger charge is -2.32. The average molecular weight is 496 g/mol. The molecule has 3 amide bonds. The Labute approximate surface area is 206 Å². The highest BCUT2D eigenvalue weighted by molar-refractivity contribution is 7.09. The van der Waals surface area contributed by atoms with Crippen LogP contribution in [0, 0.1) is 5.82 Å². The van der Waals surface area contributed by atoms with Crippen LogP contribution in [0.5, 0.6) is 0 Å². The summed E-state index contributed by atoms with van der Waals surface area (Å²) in [4.78, 5) is 40.5. The van der Waals surface area contributed by atoms with Crippen molar-refractivity contribution in [2.75, 3.05) is 5.73 Å². The zero-order chi connectivity index (χ0) is 24.9. The maximum absolute atomic E-state index is 13.8. The minimum Gasteiger partial charge on any atom is -0.395 e. The lowest BCUT2D eigenvalue weighted by atomic mass is 10.0. The minimum absolute atomic E-state index is 0.00839. The highest BCUT2D eigenvalue weighted by Gasteiger charge is 2.36. The number of nitrogens with one attached hydrogen (secondary N) is 1. The van der Waals surface area contributed by atoms with Gasteiger partial charge >= 0.3 is 0 Å². The van der Waals surface area contributed by atoms with Crippen LogP contribution in [0.2, 0.25) is 0 Å². The molecule has 10 heteroatoms. The van der Waals surface area contributed by atoms with Crippen LogP contribution in [0.15, 0.2) is 54.6 Å². The third-order valence-electron chi connectivity index (χ3n) is 6.06. The molecule has 3 aromatic rings. The van der Waals surface area contributed by atoms with E-state index in [2.05, 4.69) is 9.69 Å². The van der Waals surface area contributed by atoms with Gasteiger partial charge in [0.2, 0.25) is 5.91 Å². The summed E-state index contributed by atoms with van der Waals surface area (Å²) in [6.45, 7) is 0.0725. The molecule has 0 bridgehead atoms. The van der Waals surface area contributed by atoms with Crippen LogP contribution >= 0.6 is 11.5 Å². The SMILES string of the molecule is NC(=O)c1nsc(C(=O)N(Cc2ccccc2)C(C(=O)NC2CCCC2)c2ccc(F)cc2)c1N. The number of halogens is 1. The maximum Gasteiger partial charge on any atom is 0.270 e. The van der Waals surface area contributed by atoms with Gasteiger partial charge in [0.15, 0.2) is 5.69 Å². The van der Waals surface area contributed by atoms with Gasteiger partial charge in [0, 0.05) is 12.6 Å². The van der Waals surface area contributed by atoms with E-state index in [1.807, 2.05) is 30.3 Å². The molecular formula is C25H26FN5O3S. The van der Waals surface area contributed by atoms with E-state index in [4.69, 9.17) is 11.5 Å². The number of nitrogens with zero attached hydrogens (tertiary/aromatic N) is 2. The first-order valence-corrected chi connectivity index (χ1v) is 12.1. The second kappa shape index (κ2) is 10.6. The summed E-state index contributed by atoms with van der Waals surface area (Å²) in [5, 5.41) is 3.06. The van der Waals surface area contributed by atoms with Crippen molar-refractivity contribution in [3.63, 3.8) is 0 Å². The van der Waals surface area contributed by atoms with Gasteiger partial charge in [-0.3, -0.25) is 14.4 Å². The van der Waals surface area contributed by atoms with Crippen molar-refractivity contribution in [2.24, 2.45) is 5.73 Å². The molecule has 5 N–H and O–H groups in total. The van der Waals surface area contributed by atoms with Crippen LogP contribution in [0.25, 0.3) is 0 Å². The molecule has 4 rings (SSSR count). The maximum atomic E-state index is 13.8. The number of nitrogen functional groups attached to an aromatic ring is 1. The van der Waals surface area contributed by atoms with Crippen LogP contribution in [-0.2, 0) is 11.3 Å². The zero-order valence-electron chi connectivity index (χ0n) is 18.9. The third kappa shape index (κ3) is 5.48. The van der Waals surface area contributed by atoms with Crippen LogP contribution in [0.1, 0.15) is 63.0 Å². The molecule has 0 radical (unpaired) electrons. The fraction of sp³-hybridized carbons (Fsp3) is 0.280. The van der Waals surface area contributed by atoms with Crippen molar-refractivity contribution in [3.05, 3.63) is 82.1 Å². The van der Waals surface area contributed by atoms with Crippen LogP contribution < -0.4 is 16.8 Å². The summed E-state index contributed by atoms with van der Waals surface area (Å²) >= 11 is 0.752. The molecular weight excluding hydrogens is 469 g/mol. The Morgan fingerprint density at radius 2 is 1.74 bits per heavy atom. The molecule has 1 unspecified atom stereocenters. The molecule has 8 nitrogen and oxygen atoms in total. The number of nitrogens with two attached hydrogens (primary N) is 2. The smallest absolute Gasteiger partial charge is 0.270 e. The largest absolute Gasteiger partial charge is 0.395 e. The van der Waals surface area contributed by atoms with E-state index >= 15 is 0 Å². The van der Waals surface area contributed by atoms with E-state index in [1.165, 1.54) is 29.2 Å². The first kappa shape index (κ1) is 24.3. The third-order valence-corrected chi connectivity index (χ3v) is 6.91. The summed E-state index contributed by atoms with van der Waals surface area (Å²) in [7, 11) is 0. The summed E-state index contributed by atoms with van der Waals surface area (Å²) in [6, 6.07) is 13.6. The molecule has 0 saturated heterocycles. The molecule has 1 atom stereocenters. The van der Waals surface area contributed by atoms with Gasteiger partial charge in [0.25, 0.3) is 11.8 Å². The standard InChI is InChI=1S/C25H26FN5O3S/c26-17-12-10-16(11-13-17)21(24(33)29-18-8-4-5-9-18)31(14-15-6-2-1-3-7-15)25(34)22-19(27)20(23(28)32)30-35-22/h1-3,6-7,10-13,18,21H,4-5,8-9,14,27H2,(H2,28,32)(H,29,33). The number of primary amides is 1. The Balaban J connectivity index is 1.78. The van der Waals surface area contributed by atoms with Crippen molar-refractivity contribution < 1.29 is 18.8 Å². The van der Waals surface area contributed by atoms with Crippen LogP contribution in [0.3, 0.4) is 0 Å². The van der Waals surface area contributed by atoms with E-state index in [9.17, 15) is 18.8 Å². The Kier molecular flexibility index (Phi) is 7.40. The molecule has 1 aliphatic rings. The molecule has 1 heterocycles. The Hall–Kier alpha value is -3.79. The molecule has 35 heavy (non-hydrogen) atoms.